The first kappa shape index (κ1) is 44.0. The van der Waals surface area contributed by atoms with Crippen LogP contribution in [0.1, 0.15) is 64.5 Å². The van der Waals surface area contributed by atoms with Crippen molar-refractivity contribution in [2.75, 3.05) is 0 Å². The van der Waals surface area contributed by atoms with Gasteiger partial charge in [0.05, 0.1) is 22.4 Å². The molecule has 0 spiro atoms. The maximum Gasteiger partial charge on any atom is 0 e. The number of benzene rings is 7. The van der Waals surface area contributed by atoms with Crippen LogP contribution in [0.4, 0.5) is 0 Å². The molecule has 0 aliphatic carbocycles. The van der Waals surface area contributed by atoms with Gasteiger partial charge in [0, 0.05) is 31.2 Å². The SMILES string of the molecule is CC(C)c1cc(-c2ccccc2)cc(C(C)C)c1-n1c(-c2[c-]ccc3c2oc2ccccc23)nc2nc3ccccc3nc21.[2H]C([2H])(c1ccccc1)c1cc(-c2[c-]cccc2)nc[c]1[Ge]([CH3])([CH3])[CH3].[Ir]. The number of fused-ring (bicyclic) bond motifs is 5. The predicted molar refractivity (Wildman–Crippen MR) is 280 cm³/mol. The molecule has 0 fully saturated rings. The van der Waals surface area contributed by atoms with Gasteiger partial charge in [-0.1, -0.05) is 99.3 Å². The Morgan fingerprint density at radius 2 is 1.29 bits per heavy atom. The summed E-state index contributed by atoms with van der Waals surface area (Å²) in [4.78, 5) is 20.0. The first-order valence-corrected chi connectivity index (χ1v) is 30.4. The van der Waals surface area contributed by atoms with Gasteiger partial charge >= 0.3 is 144 Å². The number of rotatable bonds is 9. The van der Waals surface area contributed by atoms with Crippen LogP contribution >= 0.6 is 0 Å². The van der Waals surface area contributed by atoms with E-state index in [1.807, 2.05) is 115 Å². The molecule has 68 heavy (non-hydrogen) atoms. The van der Waals surface area contributed by atoms with Crippen LogP contribution in [0.25, 0.3) is 83.7 Å². The summed E-state index contributed by atoms with van der Waals surface area (Å²) < 4.78 is 27.5. The molecule has 7 aromatic carbocycles. The Morgan fingerprint density at radius 3 is 1.97 bits per heavy atom. The summed E-state index contributed by atoms with van der Waals surface area (Å²) in [5, 5.41) is 2.10. The number of hydrogen-bond donors (Lipinski definition) is 0. The molecule has 0 unspecified atom stereocenters. The van der Waals surface area contributed by atoms with Crippen LogP contribution in [0.5, 0.6) is 0 Å². The van der Waals surface area contributed by atoms with E-state index in [-0.39, 0.29) is 31.9 Å². The fourth-order valence-corrected chi connectivity index (χ4v) is 11.8. The molecule has 0 N–H and O–H groups in total. The summed E-state index contributed by atoms with van der Waals surface area (Å²) in [5.74, 6) is 8.00. The summed E-state index contributed by atoms with van der Waals surface area (Å²) >= 11 is -2.30. The molecule has 1 radical (unpaired) electrons. The van der Waals surface area contributed by atoms with E-state index >= 15 is 0 Å². The Hall–Kier alpha value is -6.51. The normalized spacial score (nSPS) is 12.3. The maximum atomic E-state index is 8.85. The third-order valence-electron chi connectivity index (χ3n) is 12.2. The second kappa shape index (κ2) is 19.6. The molecule has 11 rings (SSSR count). The summed E-state index contributed by atoms with van der Waals surface area (Å²) in [7, 11) is 0. The van der Waals surface area contributed by atoms with Gasteiger partial charge in [0.25, 0.3) is 0 Å². The average Bonchev–Trinajstić information content (AvgIpc) is 3.94. The minimum absolute atomic E-state index is 0. The van der Waals surface area contributed by atoms with Gasteiger partial charge in [0.15, 0.2) is 11.3 Å². The van der Waals surface area contributed by atoms with Crippen molar-refractivity contribution in [1.82, 2.24) is 24.5 Å². The number of furan rings is 1. The molecule has 6 nitrogen and oxygen atoms in total. The van der Waals surface area contributed by atoms with E-state index < -0.39 is 19.6 Å². The number of imidazole rings is 1. The van der Waals surface area contributed by atoms with Crippen molar-refractivity contribution in [2.24, 2.45) is 0 Å². The molecule has 339 valence electrons. The Labute approximate surface area is 418 Å². The zero-order chi connectivity index (χ0) is 48.0. The number of nitrogens with zero attached hydrogens (tertiary/aromatic N) is 5. The molecule has 0 amide bonds. The van der Waals surface area contributed by atoms with E-state index in [0.717, 1.165) is 76.9 Å². The van der Waals surface area contributed by atoms with Crippen molar-refractivity contribution in [3.8, 4) is 39.5 Å². The van der Waals surface area contributed by atoms with E-state index in [1.165, 1.54) is 22.3 Å². The number of pyridine rings is 1. The molecular formula is C60H53GeIrN5O-2. The Bertz CT molecular complexity index is 3610. The fourth-order valence-electron chi connectivity index (χ4n) is 8.84. The zero-order valence-corrected chi connectivity index (χ0v) is 43.8. The van der Waals surface area contributed by atoms with E-state index in [2.05, 4.69) is 121 Å². The fraction of sp³-hybridized carbons (Fsp3) is 0.167. The Morgan fingerprint density at radius 1 is 0.647 bits per heavy atom. The second-order valence-corrected chi connectivity index (χ2v) is 29.2. The number of hydrogen-bond acceptors (Lipinski definition) is 5. The van der Waals surface area contributed by atoms with Gasteiger partial charge < -0.3 is 8.98 Å². The molecule has 0 atom stereocenters. The molecule has 0 bridgehead atoms. The summed E-state index contributed by atoms with van der Waals surface area (Å²) in [6.45, 7) is 9.01. The smallest absolute Gasteiger partial charge is 0 e. The summed E-state index contributed by atoms with van der Waals surface area (Å²) in [5.41, 5.74) is 14.4. The van der Waals surface area contributed by atoms with Gasteiger partial charge in [-0.05, 0) is 64.4 Å². The molecule has 11 aromatic rings. The van der Waals surface area contributed by atoms with Gasteiger partial charge in [-0.3, -0.25) is 4.98 Å². The average molecular weight is 1130 g/mol. The molecule has 4 heterocycles. The van der Waals surface area contributed by atoms with Gasteiger partial charge in [-0.2, -0.15) is 0 Å². The van der Waals surface area contributed by atoms with Crippen LogP contribution in [0.15, 0.2) is 174 Å². The summed E-state index contributed by atoms with van der Waals surface area (Å²) in [6, 6.07) is 61.1. The molecular weight excluding hydrogens is 1070 g/mol. The zero-order valence-electron chi connectivity index (χ0n) is 41.3. The van der Waals surface area contributed by atoms with E-state index in [0.29, 0.717) is 11.2 Å². The predicted octanol–water partition coefficient (Wildman–Crippen LogP) is 14.9. The van der Waals surface area contributed by atoms with Crippen LogP contribution < -0.4 is 4.40 Å². The monoisotopic (exact) mass is 1130 g/mol. The molecule has 0 aliphatic rings. The van der Waals surface area contributed by atoms with E-state index in [9.17, 15) is 0 Å². The van der Waals surface area contributed by atoms with Crippen LogP contribution in [-0.4, -0.2) is 37.8 Å². The third kappa shape index (κ3) is 9.23. The minimum atomic E-state index is -2.30. The molecule has 0 aliphatic heterocycles. The molecule has 4 aromatic heterocycles. The van der Waals surface area contributed by atoms with E-state index in [4.69, 9.17) is 22.1 Å². The van der Waals surface area contributed by atoms with Crippen LogP contribution in [0.3, 0.4) is 0 Å². The first-order valence-electron chi connectivity index (χ1n) is 24.0. The van der Waals surface area contributed by atoms with Crippen LogP contribution in [0.2, 0.25) is 17.3 Å². The van der Waals surface area contributed by atoms with Crippen LogP contribution in [-0.2, 0) is 26.5 Å². The van der Waals surface area contributed by atoms with Crippen molar-refractivity contribution in [2.45, 2.75) is 63.2 Å². The maximum absolute atomic E-state index is 8.85. The van der Waals surface area contributed by atoms with Crippen molar-refractivity contribution in [3.63, 3.8) is 0 Å². The quantitative estimate of drug-likeness (QED) is 0.106. The van der Waals surface area contributed by atoms with Crippen LogP contribution in [0, 0.1) is 12.1 Å². The van der Waals surface area contributed by atoms with Gasteiger partial charge in [0.1, 0.15) is 5.58 Å². The van der Waals surface area contributed by atoms with Crippen molar-refractivity contribution in [3.05, 3.63) is 204 Å². The first-order chi connectivity index (χ1) is 33.3. The molecule has 8 heteroatoms. The molecule has 0 saturated carbocycles. The van der Waals surface area contributed by atoms with Gasteiger partial charge in [0.2, 0.25) is 0 Å². The Kier molecular flexibility index (Phi) is 12.7. The van der Waals surface area contributed by atoms with Crippen molar-refractivity contribution >= 4 is 61.9 Å². The van der Waals surface area contributed by atoms with Gasteiger partial charge in [-0.15, -0.1) is 18.2 Å². The van der Waals surface area contributed by atoms with E-state index in [1.54, 1.807) is 0 Å². The topological polar surface area (TPSA) is 69.6 Å². The Balaban J connectivity index is 0.000000200. The largest absolute Gasteiger partial charge is 0 e. The van der Waals surface area contributed by atoms with Gasteiger partial charge in [-0.25, -0.2) is 9.97 Å². The standard InChI is InChI=1S/C39H31N4O.C21H22GeN.Ir/c1-23(2)30-21-26(25-13-6-5-7-14-25)22-31(24(3)4)35(30)43-38(42-37-39(43)41-33-19-10-9-18-32(33)40-37)29-17-12-16-28-27-15-8-11-20-34(27)44-36(28)29;1-22(2,3)20-16-23-21(18-12-8-5-9-13-18)15-19(20)14-17-10-6-4-7-11-17;/h5-16,18-24H,1-4H3;4-12,15-16H,14H2,1-3H3;/q2*-1;/i;14D2;. The number of aromatic nitrogens is 5. The third-order valence-corrected chi connectivity index (χ3v) is 16.5. The minimum Gasteiger partial charge on any atom is 0 e. The molecule has 0 saturated heterocycles. The summed E-state index contributed by atoms with van der Waals surface area (Å²) in [6.07, 6.45) is 0.341. The van der Waals surface area contributed by atoms with Crippen molar-refractivity contribution < 1.29 is 27.3 Å². The number of para-hydroxylation sites is 3. The van der Waals surface area contributed by atoms with Crippen molar-refractivity contribution in [1.29, 1.82) is 0 Å². The second-order valence-electron chi connectivity index (χ2n) is 18.6.